The Morgan fingerprint density at radius 2 is 1.88 bits per heavy atom. The predicted octanol–water partition coefficient (Wildman–Crippen LogP) is 7.43. The van der Waals surface area contributed by atoms with Crippen LogP contribution in [0, 0.1) is 5.92 Å². The quantitative estimate of drug-likeness (QED) is 0.184. The van der Waals surface area contributed by atoms with Crippen LogP contribution in [-0.4, -0.2) is 35.0 Å². The van der Waals surface area contributed by atoms with Crippen LogP contribution in [0.15, 0.2) is 84.6 Å². The lowest BCUT2D eigenvalue weighted by atomic mass is 9.56. The van der Waals surface area contributed by atoms with E-state index < -0.39 is 0 Å². The monoisotopic (exact) mass is 572 g/mol. The van der Waals surface area contributed by atoms with Crippen molar-refractivity contribution in [1.82, 2.24) is 9.88 Å². The lowest BCUT2D eigenvalue weighted by Gasteiger charge is -2.54. The van der Waals surface area contributed by atoms with Gasteiger partial charge in [-0.15, -0.1) is 0 Å². The first-order valence-corrected chi connectivity index (χ1v) is 15.3. The number of ether oxygens (including phenoxy) is 2. The summed E-state index contributed by atoms with van der Waals surface area (Å²) in [6.07, 6.45) is 8.67. The minimum Gasteiger partial charge on any atom is -0.479 e. The lowest BCUT2D eigenvalue weighted by molar-refractivity contribution is 0.0693. The molecule has 2 bridgehead atoms. The van der Waals surface area contributed by atoms with Crippen LogP contribution in [0.25, 0.3) is 17.2 Å². The van der Waals surface area contributed by atoms with Crippen LogP contribution in [0.2, 0.25) is 5.02 Å². The number of fused-ring (bicyclic) bond motifs is 2. The molecule has 1 spiro atoms. The maximum absolute atomic E-state index is 13.1. The van der Waals surface area contributed by atoms with Crippen LogP contribution < -0.4 is 9.47 Å². The average Bonchev–Trinajstić information content (AvgIpc) is 3.77. The molecule has 5 nitrogen and oxygen atoms in total. The van der Waals surface area contributed by atoms with Gasteiger partial charge in [0.2, 0.25) is 0 Å². The molecule has 3 atom stereocenters. The number of benzene rings is 3. The number of hydrogen-bond donors (Lipinski definition) is 0. The third kappa shape index (κ3) is 3.60. The molecule has 4 aromatic rings. The fourth-order valence-corrected chi connectivity index (χ4v) is 7.94. The largest absolute Gasteiger partial charge is 0.479 e. The molecule has 9 rings (SSSR count). The van der Waals surface area contributed by atoms with Gasteiger partial charge in [-0.1, -0.05) is 54.1 Å². The summed E-state index contributed by atoms with van der Waals surface area (Å²) >= 11 is 6.17. The molecule has 0 N–H and O–H groups in total. The first-order valence-electron chi connectivity index (χ1n) is 14.9. The van der Waals surface area contributed by atoms with Crippen molar-refractivity contribution in [3.05, 3.63) is 118 Å². The smallest absolute Gasteiger partial charge is 0.343 e. The SMILES string of the molecule is O=C(Oc1ccc2c3c1O[C@H]1c4ncc(-c5ccc(Cl)cc5)cc4C=C4[C@@H](C2)N(CC2CC2)CC[C@]431)c1ccccc1. The number of esters is 1. The van der Waals surface area contributed by atoms with Gasteiger partial charge in [-0.05, 0) is 84.7 Å². The molecule has 1 saturated heterocycles. The van der Waals surface area contributed by atoms with Gasteiger partial charge in [-0.25, -0.2) is 4.79 Å². The number of nitrogens with zero attached hydrogens (tertiary/aromatic N) is 2. The maximum Gasteiger partial charge on any atom is 0.343 e. The molecule has 3 aromatic carbocycles. The molecule has 3 aliphatic carbocycles. The van der Waals surface area contributed by atoms with Crippen LogP contribution in [0.1, 0.15) is 58.1 Å². The van der Waals surface area contributed by atoms with Crippen molar-refractivity contribution in [3.63, 3.8) is 0 Å². The Bertz CT molecular complexity index is 1800. The summed E-state index contributed by atoms with van der Waals surface area (Å²) in [6, 6.07) is 23.7. The Hall–Kier alpha value is -3.93. The second-order valence-corrected chi connectivity index (χ2v) is 12.8. The van der Waals surface area contributed by atoms with Crippen LogP contribution in [0.4, 0.5) is 0 Å². The zero-order valence-electron chi connectivity index (χ0n) is 23.1. The summed E-state index contributed by atoms with van der Waals surface area (Å²) in [6.45, 7) is 2.19. The van der Waals surface area contributed by atoms with E-state index in [4.69, 9.17) is 26.1 Å². The van der Waals surface area contributed by atoms with E-state index in [1.54, 1.807) is 12.1 Å². The van der Waals surface area contributed by atoms with E-state index in [1.165, 1.54) is 29.5 Å². The number of halogens is 1. The van der Waals surface area contributed by atoms with E-state index in [0.717, 1.165) is 59.3 Å². The van der Waals surface area contributed by atoms with Gasteiger partial charge in [0.25, 0.3) is 0 Å². The molecule has 3 heterocycles. The average molecular weight is 573 g/mol. The maximum atomic E-state index is 13.1. The van der Waals surface area contributed by atoms with E-state index >= 15 is 0 Å². The highest BCUT2D eigenvalue weighted by Crippen LogP contribution is 2.66. The number of likely N-dealkylation sites (tertiary alicyclic amines) is 1. The molecule has 2 aliphatic heterocycles. The van der Waals surface area contributed by atoms with Crippen molar-refractivity contribution >= 4 is 23.6 Å². The standard InChI is InChI=1S/C36H29ClN2O3/c37-27-11-8-22(9-12-27)26-16-25-17-28-29-18-24-10-13-30(41-35(40)23-4-2-1-3-5-23)33-31(24)36(28,34(42-33)32(25)38-19-26)14-15-39(29)20-21-6-7-21/h1-5,8-13,16-17,19,21,29,34H,6-7,14-15,18,20H2/t29-,34+,36+/m1/s1. The summed E-state index contributed by atoms with van der Waals surface area (Å²) in [5.74, 6) is 1.64. The number of carbonyl (C=O) groups excluding carboxylic acids is 1. The van der Waals surface area contributed by atoms with Crippen LogP contribution >= 0.6 is 11.6 Å². The van der Waals surface area contributed by atoms with E-state index in [0.29, 0.717) is 23.1 Å². The van der Waals surface area contributed by atoms with Crippen molar-refractivity contribution in [3.8, 4) is 22.6 Å². The van der Waals surface area contributed by atoms with E-state index in [1.807, 2.05) is 54.7 Å². The zero-order valence-corrected chi connectivity index (χ0v) is 23.8. The topological polar surface area (TPSA) is 51.7 Å². The molecule has 0 radical (unpaired) electrons. The molecule has 208 valence electrons. The number of hydrogen-bond acceptors (Lipinski definition) is 5. The molecular formula is C36H29ClN2O3. The van der Waals surface area contributed by atoms with Crippen molar-refractivity contribution in [2.24, 2.45) is 5.92 Å². The Kier molecular flexibility index (Phi) is 5.30. The van der Waals surface area contributed by atoms with Gasteiger partial charge in [0.1, 0.15) is 0 Å². The number of carbonyl (C=O) groups is 1. The summed E-state index contributed by atoms with van der Waals surface area (Å²) < 4.78 is 13.0. The number of aromatic nitrogens is 1. The molecule has 1 aromatic heterocycles. The third-order valence-corrected chi connectivity index (χ3v) is 10.2. The highest BCUT2D eigenvalue weighted by atomic mass is 35.5. The van der Waals surface area contributed by atoms with Gasteiger partial charge >= 0.3 is 5.97 Å². The normalized spacial score (nSPS) is 24.7. The van der Waals surface area contributed by atoms with Gasteiger partial charge in [-0.2, -0.15) is 0 Å². The summed E-state index contributed by atoms with van der Waals surface area (Å²) in [4.78, 5) is 20.9. The molecule has 1 saturated carbocycles. The summed E-state index contributed by atoms with van der Waals surface area (Å²) in [7, 11) is 0. The lowest BCUT2D eigenvalue weighted by Crippen LogP contribution is -2.57. The third-order valence-electron chi connectivity index (χ3n) is 9.95. The second-order valence-electron chi connectivity index (χ2n) is 12.4. The minimum atomic E-state index is -0.377. The van der Waals surface area contributed by atoms with E-state index in [9.17, 15) is 4.79 Å². The first-order chi connectivity index (χ1) is 20.6. The van der Waals surface area contributed by atoms with Crippen LogP contribution in [0.5, 0.6) is 11.5 Å². The number of piperidine rings is 1. The molecular weight excluding hydrogens is 544 g/mol. The minimum absolute atomic E-state index is 0.261. The van der Waals surface area contributed by atoms with Crippen molar-refractivity contribution in [2.75, 3.05) is 13.1 Å². The second kappa shape index (κ2) is 9.03. The Morgan fingerprint density at radius 1 is 1.05 bits per heavy atom. The van der Waals surface area contributed by atoms with Crippen molar-refractivity contribution in [2.45, 2.75) is 43.2 Å². The fraction of sp³-hybridized carbons (Fsp3) is 0.278. The highest BCUT2D eigenvalue weighted by Gasteiger charge is 2.62. The molecule has 42 heavy (non-hydrogen) atoms. The molecule has 6 heteroatoms. The molecule has 5 aliphatic rings. The Morgan fingerprint density at radius 3 is 2.69 bits per heavy atom. The Balaban J connectivity index is 1.19. The van der Waals surface area contributed by atoms with Crippen molar-refractivity contribution < 1.29 is 14.3 Å². The Labute approximate surface area is 249 Å². The molecule has 0 unspecified atom stereocenters. The van der Waals surface area contributed by atoms with Gasteiger partial charge in [0.15, 0.2) is 17.6 Å². The highest BCUT2D eigenvalue weighted by molar-refractivity contribution is 6.30. The summed E-state index contributed by atoms with van der Waals surface area (Å²) in [5.41, 5.74) is 8.36. The van der Waals surface area contributed by atoms with Gasteiger partial charge in [-0.3, -0.25) is 9.88 Å². The summed E-state index contributed by atoms with van der Waals surface area (Å²) in [5, 5.41) is 0.719. The van der Waals surface area contributed by atoms with Crippen LogP contribution in [0.3, 0.4) is 0 Å². The molecule has 2 fully saturated rings. The number of pyridine rings is 1. The zero-order chi connectivity index (χ0) is 28.0. The van der Waals surface area contributed by atoms with Gasteiger partial charge < -0.3 is 9.47 Å². The van der Waals surface area contributed by atoms with Crippen molar-refractivity contribution in [1.29, 1.82) is 0 Å². The number of rotatable bonds is 5. The van der Waals surface area contributed by atoms with Crippen LogP contribution in [-0.2, 0) is 11.8 Å². The first kappa shape index (κ1) is 24.6. The fourth-order valence-electron chi connectivity index (χ4n) is 7.82. The molecule has 0 amide bonds. The van der Waals surface area contributed by atoms with E-state index in [-0.39, 0.29) is 17.5 Å². The van der Waals surface area contributed by atoms with Gasteiger partial charge in [0, 0.05) is 47.0 Å². The van der Waals surface area contributed by atoms with Gasteiger partial charge in [0.05, 0.1) is 16.7 Å². The van der Waals surface area contributed by atoms with E-state index in [2.05, 4.69) is 23.1 Å². The predicted molar refractivity (Wildman–Crippen MR) is 162 cm³/mol.